The van der Waals surface area contributed by atoms with Crippen LogP contribution in [0.3, 0.4) is 0 Å². The number of methoxy groups -OCH3 is 1. The summed E-state index contributed by atoms with van der Waals surface area (Å²) < 4.78 is 30.7. The number of sulfonamides is 1. The molecular formula is C14H17NO5S. The number of fused-ring (bicyclic) bond motifs is 1. The van der Waals surface area contributed by atoms with Crippen LogP contribution in [-0.2, 0) is 26.0 Å². The zero-order valence-corrected chi connectivity index (χ0v) is 12.9. The van der Waals surface area contributed by atoms with E-state index in [9.17, 15) is 18.0 Å². The summed E-state index contributed by atoms with van der Waals surface area (Å²) >= 11 is 0. The Morgan fingerprint density at radius 3 is 2.57 bits per heavy atom. The molecule has 7 heteroatoms. The van der Waals surface area contributed by atoms with Crippen LogP contribution in [0.4, 0.5) is 5.69 Å². The monoisotopic (exact) mass is 311 g/mol. The van der Waals surface area contributed by atoms with Gasteiger partial charge in [0.05, 0.1) is 12.8 Å². The van der Waals surface area contributed by atoms with Gasteiger partial charge in [-0.1, -0.05) is 0 Å². The Morgan fingerprint density at radius 2 is 2.00 bits per heavy atom. The van der Waals surface area contributed by atoms with Crippen LogP contribution in [0.2, 0.25) is 0 Å². The molecule has 1 atom stereocenters. The van der Waals surface area contributed by atoms with Crippen molar-refractivity contribution in [2.75, 3.05) is 18.0 Å². The Labute approximate surface area is 123 Å². The van der Waals surface area contributed by atoms with Crippen molar-refractivity contribution in [3.63, 3.8) is 0 Å². The first-order valence-corrected chi connectivity index (χ1v) is 8.02. The number of hydrogen-bond acceptors (Lipinski definition) is 5. The number of ether oxygens (including phenoxy) is 1. The maximum atomic E-state index is 12.5. The van der Waals surface area contributed by atoms with Gasteiger partial charge in [-0.2, -0.15) is 0 Å². The predicted molar refractivity (Wildman–Crippen MR) is 77.9 cm³/mol. The fraction of sp³-hybridized carbons (Fsp3) is 0.429. The Morgan fingerprint density at radius 1 is 1.33 bits per heavy atom. The maximum Gasteiger partial charge on any atom is 0.325 e. The van der Waals surface area contributed by atoms with Crippen LogP contribution in [0.1, 0.15) is 29.8 Å². The highest BCUT2D eigenvalue weighted by atomic mass is 32.2. The van der Waals surface area contributed by atoms with E-state index >= 15 is 0 Å². The minimum atomic E-state index is -3.82. The van der Waals surface area contributed by atoms with Gasteiger partial charge < -0.3 is 4.74 Å². The van der Waals surface area contributed by atoms with Gasteiger partial charge in [-0.15, -0.1) is 0 Å². The van der Waals surface area contributed by atoms with Crippen molar-refractivity contribution in [1.29, 1.82) is 0 Å². The van der Waals surface area contributed by atoms with E-state index in [1.165, 1.54) is 18.2 Å². The highest BCUT2D eigenvalue weighted by Crippen LogP contribution is 2.32. The molecule has 2 rings (SSSR count). The summed E-state index contributed by atoms with van der Waals surface area (Å²) in [6, 6.07) is 4.91. The minimum absolute atomic E-state index is 0.0676. The summed E-state index contributed by atoms with van der Waals surface area (Å²) in [6.07, 6.45) is 0.517. The molecule has 1 unspecified atom stereocenters. The second-order valence-electron chi connectivity index (χ2n) is 4.93. The summed E-state index contributed by atoms with van der Waals surface area (Å²) in [5.41, 5.74) is 1.87. The molecule has 6 nitrogen and oxygen atoms in total. The quantitative estimate of drug-likeness (QED) is 0.615. The number of ketones is 1. The number of hydrogen-bond donors (Lipinski definition) is 0. The molecule has 1 aromatic carbocycles. The van der Waals surface area contributed by atoms with Crippen molar-refractivity contribution in [2.24, 2.45) is 0 Å². The first kappa shape index (κ1) is 15.5. The third kappa shape index (κ3) is 2.65. The normalized spacial score (nSPS) is 15.5. The predicted octanol–water partition coefficient (Wildman–Crippen LogP) is 1.14. The van der Waals surface area contributed by atoms with Gasteiger partial charge in [0.15, 0.2) is 11.0 Å². The van der Waals surface area contributed by atoms with Gasteiger partial charge in [0.25, 0.3) is 0 Å². The molecule has 0 aliphatic carbocycles. The van der Waals surface area contributed by atoms with Crippen LogP contribution < -0.4 is 4.31 Å². The lowest BCUT2D eigenvalue weighted by Crippen LogP contribution is -2.40. The summed E-state index contributed by atoms with van der Waals surface area (Å²) in [5, 5.41) is -1.26. The third-order valence-corrected chi connectivity index (χ3v) is 5.71. The van der Waals surface area contributed by atoms with Crippen molar-refractivity contribution < 1.29 is 22.7 Å². The second kappa shape index (κ2) is 5.48. The van der Waals surface area contributed by atoms with Crippen LogP contribution in [0.25, 0.3) is 0 Å². The number of benzene rings is 1. The van der Waals surface area contributed by atoms with Crippen LogP contribution in [-0.4, -0.2) is 39.1 Å². The summed E-state index contributed by atoms with van der Waals surface area (Å²) in [7, 11) is -2.66. The molecule has 1 heterocycles. The van der Waals surface area contributed by atoms with Gasteiger partial charge in [-0.3, -0.25) is 13.9 Å². The molecule has 0 spiro atoms. The first-order chi connectivity index (χ1) is 9.78. The molecule has 0 aromatic heterocycles. The van der Waals surface area contributed by atoms with Crippen LogP contribution in [0.5, 0.6) is 0 Å². The average molecular weight is 311 g/mol. The SMILES string of the molecule is COC(=O)C(C)S(=O)(=O)N1CCc2cc(C(C)=O)ccc21. The molecule has 0 bridgehead atoms. The number of carbonyl (C=O) groups excluding carboxylic acids is 2. The minimum Gasteiger partial charge on any atom is -0.468 e. The fourth-order valence-electron chi connectivity index (χ4n) is 2.33. The molecule has 1 aliphatic rings. The zero-order chi connectivity index (χ0) is 15.8. The number of Topliss-reactive ketones (excluding diaryl/α,β-unsaturated/α-hetero) is 1. The zero-order valence-electron chi connectivity index (χ0n) is 12.1. The van der Waals surface area contributed by atoms with Gasteiger partial charge in [0, 0.05) is 12.1 Å². The van der Waals surface area contributed by atoms with Gasteiger partial charge in [0.1, 0.15) is 0 Å². The summed E-state index contributed by atoms with van der Waals surface area (Å²) in [4.78, 5) is 22.9. The molecule has 1 aliphatic heterocycles. The van der Waals surface area contributed by atoms with Crippen molar-refractivity contribution in [3.05, 3.63) is 29.3 Å². The Bertz CT molecular complexity index is 695. The van der Waals surface area contributed by atoms with Crippen LogP contribution >= 0.6 is 0 Å². The van der Waals surface area contributed by atoms with E-state index in [-0.39, 0.29) is 12.3 Å². The Kier molecular flexibility index (Phi) is 4.04. The molecule has 0 amide bonds. The van der Waals surface area contributed by atoms with Crippen molar-refractivity contribution in [1.82, 2.24) is 0 Å². The summed E-state index contributed by atoms with van der Waals surface area (Å²) in [5.74, 6) is -0.856. The third-order valence-electron chi connectivity index (χ3n) is 3.63. The van der Waals surface area contributed by atoms with Crippen LogP contribution in [0.15, 0.2) is 18.2 Å². The largest absolute Gasteiger partial charge is 0.468 e. The van der Waals surface area contributed by atoms with E-state index in [1.807, 2.05) is 0 Å². The maximum absolute atomic E-state index is 12.5. The van der Waals surface area contributed by atoms with Gasteiger partial charge in [-0.05, 0) is 44.0 Å². The summed E-state index contributed by atoms with van der Waals surface area (Å²) in [6.45, 7) is 3.04. The van der Waals surface area contributed by atoms with Gasteiger partial charge in [0.2, 0.25) is 10.0 Å². The molecule has 1 aromatic rings. The average Bonchev–Trinajstić information content (AvgIpc) is 2.88. The van der Waals surface area contributed by atoms with Crippen molar-refractivity contribution in [2.45, 2.75) is 25.5 Å². The molecule has 0 radical (unpaired) electrons. The Hall–Kier alpha value is -1.89. The number of esters is 1. The van der Waals surface area contributed by atoms with E-state index in [0.717, 1.165) is 12.7 Å². The number of nitrogens with zero attached hydrogens (tertiary/aromatic N) is 1. The van der Waals surface area contributed by atoms with Crippen molar-refractivity contribution in [3.8, 4) is 0 Å². The van der Waals surface area contributed by atoms with Gasteiger partial charge in [-0.25, -0.2) is 8.42 Å². The number of anilines is 1. The highest BCUT2D eigenvalue weighted by molar-refractivity contribution is 7.94. The first-order valence-electron chi connectivity index (χ1n) is 6.52. The van der Waals surface area contributed by atoms with E-state index < -0.39 is 21.2 Å². The lowest BCUT2D eigenvalue weighted by molar-refractivity contribution is -0.139. The molecule has 0 saturated heterocycles. The van der Waals surface area contributed by atoms with E-state index in [2.05, 4.69) is 4.74 Å². The highest BCUT2D eigenvalue weighted by Gasteiger charge is 2.38. The van der Waals surface area contributed by atoms with Gasteiger partial charge >= 0.3 is 5.97 Å². The molecule has 21 heavy (non-hydrogen) atoms. The number of rotatable bonds is 4. The fourth-order valence-corrected chi connectivity index (χ4v) is 3.85. The topological polar surface area (TPSA) is 80.8 Å². The van der Waals surface area contributed by atoms with Crippen LogP contribution in [0, 0.1) is 0 Å². The molecule has 0 saturated carbocycles. The van der Waals surface area contributed by atoms with E-state index in [1.54, 1.807) is 18.2 Å². The second-order valence-corrected chi connectivity index (χ2v) is 7.11. The Balaban J connectivity index is 2.39. The number of carbonyl (C=O) groups is 2. The lowest BCUT2D eigenvalue weighted by Gasteiger charge is -2.22. The smallest absolute Gasteiger partial charge is 0.325 e. The molecule has 0 fully saturated rings. The standard InChI is InChI=1S/C14H17NO5S/c1-9(16)11-4-5-13-12(8-11)6-7-15(13)21(18,19)10(2)14(17)20-3/h4-5,8,10H,6-7H2,1-3H3. The van der Waals surface area contributed by atoms with E-state index in [4.69, 9.17) is 0 Å². The molecule has 114 valence electrons. The molecule has 0 N–H and O–H groups in total. The van der Waals surface area contributed by atoms with Crippen molar-refractivity contribution >= 4 is 27.5 Å². The lowest BCUT2D eigenvalue weighted by atomic mass is 10.1. The molecular weight excluding hydrogens is 294 g/mol. The van der Waals surface area contributed by atoms with E-state index in [0.29, 0.717) is 17.7 Å².